The number of benzene rings is 1. The Hall–Kier alpha value is -2.04. The van der Waals surface area contributed by atoms with Crippen LogP contribution in [0.1, 0.15) is 16.2 Å². The topological polar surface area (TPSA) is 72.2 Å². The number of thiophene rings is 1. The molecule has 0 bridgehead atoms. The predicted octanol–water partition coefficient (Wildman–Crippen LogP) is 5.49. The van der Waals surface area contributed by atoms with Gasteiger partial charge < -0.3 is 4.52 Å². The predicted molar refractivity (Wildman–Crippen MR) is 96.6 cm³/mol. The summed E-state index contributed by atoms with van der Waals surface area (Å²) in [7, 11) is -3.96. The van der Waals surface area contributed by atoms with Crippen LogP contribution in [0.15, 0.2) is 39.8 Å². The average Bonchev–Trinajstić information content (AvgIpc) is 3.17. The van der Waals surface area contributed by atoms with Crippen molar-refractivity contribution >= 4 is 38.6 Å². The molecule has 0 saturated heterocycles. The molecule has 0 saturated carbocycles. The van der Waals surface area contributed by atoms with Crippen LogP contribution in [-0.2, 0) is 16.2 Å². The summed E-state index contributed by atoms with van der Waals surface area (Å²) in [5, 5.41) is 3.78. The van der Waals surface area contributed by atoms with Crippen LogP contribution in [0.4, 0.5) is 18.9 Å². The van der Waals surface area contributed by atoms with E-state index in [1.165, 1.54) is 12.1 Å². The Morgan fingerprint density at radius 1 is 1.19 bits per heavy atom. The van der Waals surface area contributed by atoms with Gasteiger partial charge in [-0.2, -0.15) is 13.2 Å². The molecule has 0 aliphatic carbocycles. The number of halogens is 4. The van der Waals surface area contributed by atoms with Crippen molar-refractivity contribution in [2.75, 3.05) is 4.72 Å². The van der Waals surface area contributed by atoms with E-state index in [4.69, 9.17) is 11.6 Å². The third kappa shape index (κ3) is 4.12. The van der Waals surface area contributed by atoms with Crippen molar-refractivity contribution in [2.24, 2.45) is 0 Å². The molecule has 2 aromatic heterocycles. The van der Waals surface area contributed by atoms with Crippen molar-refractivity contribution in [3.8, 4) is 10.6 Å². The highest BCUT2D eigenvalue weighted by Crippen LogP contribution is 2.37. The minimum absolute atomic E-state index is 0.0595. The molecule has 1 aromatic carbocycles. The number of anilines is 1. The van der Waals surface area contributed by atoms with Gasteiger partial charge in [0.25, 0.3) is 10.0 Å². The van der Waals surface area contributed by atoms with Crippen molar-refractivity contribution in [1.82, 2.24) is 5.16 Å². The summed E-state index contributed by atoms with van der Waals surface area (Å²) in [5.41, 5.74) is 0.980. The molecule has 0 spiro atoms. The van der Waals surface area contributed by atoms with Crippen LogP contribution in [0.2, 0.25) is 5.02 Å². The Morgan fingerprint density at radius 3 is 2.48 bits per heavy atom. The second kappa shape index (κ2) is 6.84. The van der Waals surface area contributed by atoms with Gasteiger partial charge in [0.1, 0.15) is 10.6 Å². The molecular formula is C16H12ClF3N2O3S2. The van der Waals surface area contributed by atoms with Gasteiger partial charge in [-0.25, -0.2) is 8.42 Å². The Balaban J connectivity index is 1.93. The smallest absolute Gasteiger partial charge is 0.351 e. The lowest BCUT2D eigenvalue weighted by atomic mass is 10.2. The summed E-state index contributed by atoms with van der Waals surface area (Å²) in [6.45, 7) is 3.33. The van der Waals surface area contributed by atoms with Gasteiger partial charge in [0, 0.05) is 16.0 Å². The normalized spacial score (nSPS) is 12.4. The molecule has 0 aliphatic heterocycles. The molecular weight excluding hydrogens is 425 g/mol. The number of alkyl halides is 3. The van der Waals surface area contributed by atoms with Gasteiger partial charge in [-0.3, -0.25) is 4.72 Å². The zero-order valence-electron chi connectivity index (χ0n) is 13.9. The first-order valence-corrected chi connectivity index (χ1v) is 10.1. The summed E-state index contributed by atoms with van der Waals surface area (Å²) in [6.07, 6.45) is -4.67. The van der Waals surface area contributed by atoms with Crippen LogP contribution in [0.3, 0.4) is 0 Å². The zero-order valence-corrected chi connectivity index (χ0v) is 16.3. The lowest BCUT2D eigenvalue weighted by Gasteiger charge is -2.08. The first-order chi connectivity index (χ1) is 12.5. The van der Waals surface area contributed by atoms with Gasteiger partial charge in [-0.05, 0) is 37.6 Å². The fourth-order valence-corrected chi connectivity index (χ4v) is 5.02. The van der Waals surface area contributed by atoms with E-state index in [1.54, 1.807) is 26.0 Å². The summed E-state index contributed by atoms with van der Waals surface area (Å²) < 4.78 is 70.0. The van der Waals surface area contributed by atoms with Gasteiger partial charge in [0.15, 0.2) is 0 Å². The van der Waals surface area contributed by atoms with Crippen LogP contribution in [0, 0.1) is 13.8 Å². The highest BCUT2D eigenvalue weighted by Gasteiger charge is 2.36. The van der Waals surface area contributed by atoms with E-state index >= 15 is 0 Å². The Bertz CT molecular complexity index is 1100. The fourth-order valence-electron chi connectivity index (χ4n) is 2.25. The number of aryl methyl sites for hydroxylation is 2. The SMILES string of the molecule is Cc1ccc(NS(=O)(=O)c2cc(-c3cc(C(F)(F)F)on3)sc2C)cc1Cl. The largest absolute Gasteiger partial charge is 0.452 e. The van der Waals surface area contributed by atoms with E-state index < -0.39 is 22.0 Å². The molecule has 0 atom stereocenters. The number of aromatic nitrogens is 1. The lowest BCUT2D eigenvalue weighted by molar-refractivity contribution is -0.155. The van der Waals surface area contributed by atoms with E-state index in [0.29, 0.717) is 9.90 Å². The molecule has 3 rings (SSSR count). The van der Waals surface area contributed by atoms with E-state index in [2.05, 4.69) is 14.4 Å². The third-order valence-electron chi connectivity index (χ3n) is 3.63. The summed E-state index contributed by atoms with van der Waals surface area (Å²) in [6, 6.07) is 6.70. The van der Waals surface area contributed by atoms with Crippen LogP contribution in [0.25, 0.3) is 10.6 Å². The molecule has 11 heteroatoms. The summed E-state index contributed by atoms with van der Waals surface area (Å²) in [5.74, 6) is -1.25. The first kappa shape index (κ1) is 19.7. The summed E-state index contributed by atoms with van der Waals surface area (Å²) >= 11 is 7.00. The molecule has 144 valence electrons. The van der Waals surface area contributed by atoms with Gasteiger partial charge in [0.05, 0.1) is 10.6 Å². The molecule has 27 heavy (non-hydrogen) atoms. The van der Waals surface area contributed by atoms with E-state index in [0.717, 1.165) is 23.0 Å². The van der Waals surface area contributed by atoms with Gasteiger partial charge in [0.2, 0.25) is 5.76 Å². The maximum atomic E-state index is 12.7. The lowest BCUT2D eigenvalue weighted by Crippen LogP contribution is -2.13. The Morgan fingerprint density at radius 2 is 1.89 bits per heavy atom. The third-order valence-corrected chi connectivity index (χ3v) is 6.74. The maximum absolute atomic E-state index is 12.7. The first-order valence-electron chi connectivity index (χ1n) is 7.41. The second-order valence-electron chi connectivity index (χ2n) is 5.67. The quantitative estimate of drug-likeness (QED) is 0.586. The van der Waals surface area contributed by atoms with Crippen LogP contribution < -0.4 is 4.72 Å². The number of sulfonamides is 1. The second-order valence-corrected chi connectivity index (χ2v) is 8.99. The van der Waals surface area contributed by atoms with Crippen molar-refractivity contribution in [3.05, 3.63) is 51.6 Å². The monoisotopic (exact) mass is 436 g/mol. The van der Waals surface area contributed by atoms with Crippen molar-refractivity contribution in [1.29, 1.82) is 0 Å². The average molecular weight is 437 g/mol. The molecule has 3 aromatic rings. The molecule has 5 nitrogen and oxygen atoms in total. The Labute approximate surface area is 161 Å². The van der Waals surface area contributed by atoms with Gasteiger partial charge in [-0.15, -0.1) is 11.3 Å². The zero-order chi connectivity index (χ0) is 20.0. The van der Waals surface area contributed by atoms with Gasteiger partial charge >= 0.3 is 6.18 Å². The molecule has 0 radical (unpaired) electrons. The standard InChI is InChI=1S/C16H12ClF3N2O3S2/c1-8-3-4-10(5-11(8)17)22-27(23,24)14-7-13(26-9(14)2)12-6-15(25-21-12)16(18,19)20/h3-7,22H,1-2H3. The van der Waals surface area contributed by atoms with Crippen molar-refractivity contribution in [2.45, 2.75) is 24.9 Å². The van der Waals surface area contributed by atoms with Gasteiger partial charge in [-0.1, -0.05) is 22.8 Å². The molecule has 1 N–H and O–H groups in total. The summed E-state index contributed by atoms with van der Waals surface area (Å²) in [4.78, 5) is 0.581. The van der Waals surface area contributed by atoms with Crippen LogP contribution in [0.5, 0.6) is 0 Å². The van der Waals surface area contributed by atoms with E-state index in [-0.39, 0.29) is 21.2 Å². The van der Waals surface area contributed by atoms with Crippen LogP contribution >= 0.6 is 22.9 Å². The number of nitrogens with zero attached hydrogens (tertiary/aromatic N) is 1. The highest BCUT2D eigenvalue weighted by molar-refractivity contribution is 7.93. The van der Waals surface area contributed by atoms with Crippen LogP contribution in [-0.4, -0.2) is 13.6 Å². The van der Waals surface area contributed by atoms with Crippen molar-refractivity contribution < 1.29 is 26.1 Å². The molecule has 0 amide bonds. The minimum Gasteiger partial charge on any atom is -0.351 e. The molecule has 2 heterocycles. The number of hydrogen-bond acceptors (Lipinski definition) is 5. The fraction of sp³-hybridized carbons (Fsp3) is 0.188. The minimum atomic E-state index is -4.67. The number of nitrogens with one attached hydrogen (secondary N) is 1. The number of rotatable bonds is 4. The van der Waals surface area contributed by atoms with Crippen molar-refractivity contribution in [3.63, 3.8) is 0 Å². The highest BCUT2D eigenvalue weighted by atomic mass is 35.5. The molecule has 0 aliphatic rings. The Kier molecular flexibility index (Phi) is 5.00. The molecule has 0 fully saturated rings. The maximum Gasteiger partial charge on any atom is 0.452 e. The number of hydrogen-bond donors (Lipinski definition) is 1. The molecule has 0 unspecified atom stereocenters. The van der Waals surface area contributed by atoms with E-state index in [1.807, 2.05) is 0 Å². The van der Waals surface area contributed by atoms with E-state index in [9.17, 15) is 21.6 Å².